The Hall–Kier alpha value is -2.43. The molecule has 0 saturated heterocycles. The molecule has 2 aromatic rings. The zero-order chi connectivity index (χ0) is 35.5. The standard InChI is InChI=1S/C48H72N2.Ni/c1-4-7-10-11-12-13-14-15-16-17-18-19-20-21-22-23-24-25-26-27-28-29-36-46-41-47(44-37-30-34-42(39-44)32-8-5-2)50(49)48(46)45-38-31-35-43(40-45)33-9-6-3;/h30-31,34-35,37-41H,4-28,32-33H2,1-3H3;. The van der Waals surface area contributed by atoms with Gasteiger partial charge in [0.15, 0.2) is 0 Å². The number of benzene rings is 2. The van der Waals surface area contributed by atoms with E-state index in [9.17, 15) is 5.53 Å². The van der Waals surface area contributed by atoms with E-state index in [1.807, 2.05) is 0 Å². The number of aryl methyl sites for hydroxylation is 2. The van der Waals surface area contributed by atoms with Crippen LogP contribution in [0, 0.1) is 11.8 Å². The summed E-state index contributed by atoms with van der Waals surface area (Å²) in [5.41, 5.74) is 18.9. The van der Waals surface area contributed by atoms with E-state index in [-0.39, 0.29) is 16.5 Å². The molecule has 1 aliphatic heterocycles. The maximum absolute atomic E-state index is 11.6. The molecule has 0 amide bonds. The van der Waals surface area contributed by atoms with Gasteiger partial charge in [0.05, 0.1) is 0 Å². The smallest absolute Gasteiger partial charge is 0.223 e. The van der Waals surface area contributed by atoms with Crippen LogP contribution in [0.25, 0.3) is 16.9 Å². The van der Waals surface area contributed by atoms with E-state index < -0.39 is 0 Å². The number of hydrogen-bond acceptors (Lipinski definition) is 0. The Morgan fingerprint density at radius 3 is 1.39 bits per heavy atom. The van der Waals surface area contributed by atoms with Crippen LogP contribution in [-0.4, -0.2) is 4.70 Å². The van der Waals surface area contributed by atoms with Crippen LogP contribution in [0.3, 0.4) is 0 Å². The maximum atomic E-state index is 11.6. The number of allylic oxidation sites excluding steroid dienone is 2. The molecule has 0 atom stereocenters. The Labute approximate surface area is 325 Å². The Balaban J connectivity index is 0.00000901. The molecule has 0 fully saturated rings. The van der Waals surface area contributed by atoms with Gasteiger partial charge in [-0.1, -0.05) is 192 Å². The minimum absolute atomic E-state index is 0. The van der Waals surface area contributed by atoms with Crippen molar-refractivity contribution in [2.24, 2.45) is 0 Å². The molecule has 3 heteroatoms. The molecular formula is C48H72N2Ni. The van der Waals surface area contributed by atoms with Crippen LogP contribution >= 0.6 is 0 Å². The number of rotatable bonds is 28. The number of unbranched alkanes of at least 4 members (excludes halogenated alkanes) is 22. The van der Waals surface area contributed by atoms with Crippen molar-refractivity contribution in [2.45, 2.75) is 194 Å². The molecule has 0 aliphatic carbocycles. The second-order valence-corrected chi connectivity index (χ2v) is 15.0. The van der Waals surface area contributed by atoms with E-state index in [0.717, 1.165) is 53.8 Å². The Morgan fingerprint density at radius 1 is 0.510 bits per heavy atom. The van der Waals surface area contributed by atoms with Crippen LogP contribution in [0.4, 0.5) is 0 Å². The minimum atomic E-state index is 0. The van der Waals surface area contributed by atoms with Gasteiger partial charge in [-0.15, -0.1) is 0 Å². The third-order valence-corrected chi connectivity index (χ3v) is 10.4. The fraction of sp³-hybridized carbons (Fsp3) is 0.625. The molecule has 0 N–H and O–H groups in total. The fourth-order valence-electron chi connectivity index (χ4n) is 7.23. The minimum Gasteiger partial charge on any atom is -0.493 e. The zero-order valence-electron chi connectivity index (χ0n) is 33.0. The van der Waals surface area contributed by atoms with Crippen molar-refractivity contribution in [3.8, 4) is 11.8 Å². The molecule has 1 aliphatic rings. The zero-order valence-corrected chi connectivity index (χ0v) is 34.0. The first-order valence-electron chi connectivity index (χ1n) is 21.3. The molecular weight excluding hydrogens is 663 g/mol. The number of hydrogen-bond donors (Lipinski definition) is 0. The van der Waals surface area contributed by atoms with E-state index >= 15 is 0 Å². The van der Waals surface area contributed by atoms with Gasteiger partial charge < -0.3 is 5.53 Å². The summed E-state index contributed by atoms with van der Waals surface area (Å²) >= 11 is 0. The third kappa shape index (κ3) is 18.3. The van der Waals surface area contributed by atoms with Gasteiger partial charge in [-0.05, 0) is 67.5 Å². The van der Waals surface area contributed by atoms with Crippen molar-refractivity contribution < 1.29 is 21.2 Å². The Kier molecular flexibility index (Phi) is 25.5. The first-order chi connectivity index (χ1) is 24.7. The third-order valence-electron chi connectivity index (χ3n) is 10.4. The average molecular weight is 736 g/mol. The Bertz CT molecular complexity index is 1360. The van der Waals surface area contributed by atoms with Crippen molar-refractivity contribution >= 4 is 11.4 Å². The predicted molar refractivity (Wildman–Crippen MR) is 219 cm³/mol. The second-order valence-electron chi connectivity index (χ2n) is 15.0. The van der Waals surface area contributed by atoms with Gasteiger partial charge in [0.1, 0.15) is 5.57 Å². The van der Waals surface area contributed by atoms with Crippen LogP contribution in [0.1, 0.15) is 204 Å². The molecule has 0 saturated carbocycles. The summed E-state index contributed by atoms with van der Waals surface area (Å²) < 4.78 is 1.39. The van der Waals surface area contributed by atoms with E-state index in [1.165, 1.54) is 164 Å². The van der Waals surface area contributed by atoms with Crippen molar-refractivity contribution in [3.05, 3.63) is 88.0 Å². The normalized spacial score (nSPS) is 12.5. The van der Waals surface area contributed by atoms with Gasteiger partial charge in [0, 0.05) is 40.1 Å². The molecule has 0 bridgehead atoms. The summed E-state index contributed by atoms with van der Waals surface area (Å²) in [5.74, 6) is 6.96. The summed E-state index contributed by atoms with van der Waals surface area (Å²) in [6.45, 7) is 6.77. The summed E-state index contributed by atoms with van der Waals surface area (Å²) in [4.78, 5) is 0. The van der Waals surface area contributed by atoms with Crippen LogP contribution < -0.4 is 0 Å². The van der Waals surface area contributed by atoms with Crippen LogP contribution in [0.5, 0.6) is 0 Å². The van der Waals surface area contributed by atoms with Crippen LogP contribution in [0.15, 0.2) is 60.2 Å². The fourth-order valence-corrected chi connectivity index (χ4v) is 7.23. The maximum Gasteiger partial charge on any atom is 0.223 e. The monoisotopic (exact) mass is 735 g/mol. The summed E-state index contributed by atoms with van der Waals surface area (Å²) in [6, 6.07) is 17.3. The topological polar surface area (TPSA) is 25.3 Å². The summed E-state index contributed by atoms with van der Waals surface area (Å²) in [6.07, 6.45) is 37.9. The van der Waals surface area contributed by atoms with E-state index in [4.69, 9.17) is 0 Å². The molecule has 2 aromatic carbocycles. The summed E-state index contributed by atoms with van der Waals surface area (Å²) in [7, 11) is 0. The van der Waals surface area contributed by atoms with Gasteiger partial charge >= 0.3 is 0 Å². The van der Waals surface area contributed by atoms with E-state index in [0.29, 0.717) is 0 Å². The van der Waals surface area contributed by atoms with Crippen molar-refractivity contribution in [1.29, 1.82) is 0 Å². The first-order valence-corrected chi connectivity index (χ1v) is 21.3. The van der Waals surface area contributed by atoms with Gasteiger partial charge in [-0.2, -0.15) is 0 Å². The average Bonchev–Trinajstić information content (AvgIpc) is 3.47. The summed E-state index contributed by atoms with van der Waals surface area (Å²) in [5, 5.41) is 0. The molecule has 0 spiro atoms. The molecule has 1 heterocycles. The molecule has 0 radical (unpaired) electrons. The molecule has 0 unspecified atom stereocenters. The van der Waals surface area contributed by atoms with Gasteiger partial charge in [-0.25, -0.2) is 4.70 Å². The van der Waals surface area contributed by atoms with E-state index in [1.54, 1.807) is 0 Å². The molecule has 0 aromatic heterocycles. The van der Waals surface area contributed by atoms with Gasteiger partial charge in [0.2, 0.25) is 11.4 Å². The van der Waals surface area contributed by atoms with Crippen LogP contribution in [0.2, 0.25) is 0 Å². The Morgan fingerprint density at radius 2 is 0.922 bits per heavy atom. The molecule has 2 nitrogen and oxygen atoms in total. The second kappa shape index (κ2) is 29.1. The SMILES string of the molecule is CCCCCCCCCCCCCCCCCCCCCCC#CC1=C(c2cccc(CCCC)c2)[N+](=[N-])C(c2cccc(CCCC)c2)=C1.[Ni]. The van der Waals surface area contributed by atoms with Gasteiger partial charge in [-0.3, -0.25) is 0 Å². The van der Waals surface area contributed by atoms with Crippen molar-refractivity contribution in [2.75, 3.05) is 0 Å². The molecule has 284 valence electrons. The van der Waals surface area contributed by atoms with Gasteiger partial charge in [0.25, 0.3) is 0 Å². The number of nitrogens with zero attached hydrogens (tertiary/aromatic N) is 2. The predicted octanol–water partition coefficient (Wildman–Crippen LogP) is 15.4. The van der Waals surface area contributed by atoms with E-state index in [2.05, 4.69) is 87.2 Å². The van der Waals surface area contributed by atoms with Crippen molar-refractivity contribution in [3.63, 3.8) is 0 Å². The van der Waals surface area contributed by atoms with Crippen LogP contribution in [-0.2, 0) is 29.3 Å². The molecule has 51 heavy (non-hydrogen) atoms. The quantitative estimate of drug-likeness (QED) is 0.0360. The largest absolute Gasteiger partial charge is 0.493 e. The van der Waals surface area contributed by atoms with Crippen molar-refractivity contribution in [1.82, 2.24) is 0 Å². The molecule has 3 rings (SSSR count). The first kappa shape index (κ1) is 44.7.